The van der Waals surface area contributed by atoms with Gasteiger partial charge in [0.1, 0.15) is 18.0 Å². The van der Waals surface area contributed by atoms with Crippen molar-refractivity contribution in [1.29, 1.82) is 0 Å². The van der Waals surface area contributed by atoms with Gasteiger partial charge in [-0.1, -0.05) is 0 Å². The number of pyridine rings is 1. The molecular weight excluding hydrogens is 362 g/mol. The Balaban J connectivity index is 1.35. The summed E-state index contributed by atoms with van der Waals surface area (Å²) in [6, 6.07) is 4.62. The molecule has 6 rings (SSSR count). The van der Waals surface area contributed by atoms with E-state index in [-0.39, 0.29) is 0 Å². The lowest BCUT2D eigenvalue weighted by Crippen LogP contribution is -2.36. The number of aryl methyl sites for hydroxylation is 1. The Hall–Kier alpha value is -2.83. The summed E-state index contributed by atoms with van der Waals surface area (Å²) in [7, 11) is 0. The molecule has 3 aliphatic rings. The van der Waals surface area contributed by atoms with Crippen molar-refractivity contribution in [2.24, 2.45) is 0 Å². The normalized spacial score (nSPS) is 21.4. The Bertz CT molecular complexity index is 1020. The maximum atomic E-state index is 5.06. The Morgan fingerprint density at radius 2 is 2.00 bits per heavy atom. The van der Waals surface area contributed by atoms with Gasteiger partial charge in [0.25, 0.3) is 0 Å². The van der Waals surface area contributed by atoms with Gasteiger partial charge >= 0.3 is 0 Å². The average Bonchev–Trinajstić information content (AvgIpc) is 3.31. The van der Waals surface area contributed by atoms with Gasteiger partial charge in [-0.2, -0.15) is 0 Å². The highest BCUT2D eigenvalue weighted by Gasteiger charge is 2.33. The van der Waals surface area contributed by atoms with Crippen LogP contribution in [-0.4, -0.2) is 42.8 Å². The van der Waals surface area contributed by atoms with Crippen LogP contribution in [0.25, 0.3) is 11.4 Å². The molecule has 2 fully saturated rings. The van der Waals surface area contributed by atoms with E-state index >= 15 is 0 Å². The fraction of sp³-hybridized carbons (Fsp3) is 0.500. The van der Waals surface area contributed by atoms with Gasteiger partial charge in [-0.3, -0.25) is 4.98 Å². The standard InChI is InChI=1S/C22H25N7/c1-6-18-19(7-1)25-20(15-4-2-10-23-12-15)26-22(18)28-11-3-5-16(13-28)21-27-24-14-29(21)17-8-9-17/h2,4,10,12,14,16-17H,1,3,5-9,11,13H2. The van der Waals surface area contributed by atoms with Crippen LogP contribution in [0.2, 0.25) is 0 Å². The molecule has 1 unspecified atom stereocenters. The van der Waals surface area contributed by atoms with Crippen molar-refractivity contribution in [3.63, 3.8) is 0 Å². The van der Waals surface area contributed by atoms with Gasteiger partial charge in [0, 0.05) is 54.3 Å². The number of hydrogen-bond acceptors (Lipinski definition) is 6. The van der Waals surface area contributed by atoms with E-state index in [1.807, 2.05) is 24.7 Å². The maximum Gasteiger partial charge on any atom is 0.163 e. The molecule has 4 heterocycles. The third-order valence-electron chi connectivity index (χ3n) is 6.46. The van der Waals surface area contributed by atoms with Gasteiger partial charge < -0.3 is 9.47 Å². The predicted molar refractivity (Wildman–Crippen MR) is 110 cm³/mol. The number of rotatable bonds is 4. The minimum atomic E-state index is 0.417. The average molecular weight is 387 g/mol. The Labute approximate surface area is 170 Å². The van der Waals surface area contributed by atoms with Gasteiger partial charge in [0.15, 0.2) is 5.82 Å². The lowest BCUT2D eigenvalue weighted by atomic mass is 9.96. The molecule has 1 saturated carbocycles. The van der Waals surface area contributed by atoms with Gasteiger partial charge in [-0.25, -0.2) is 9.97 Å². The summed E-state index contributed by atoms with van der Waals surface area (Å²) in [5, 5.41) is 8.74. The predicted octanol–water partition coefficient (Wildman–Crippen LogP) is 3.34. The van der Waals surface area contributed by atoms with Crippen LogP contribution < -0.4 is 4.90 Å². The monoisotopic (exact) mass is 387 g/mol. The second-order valence-electron chi connectivity index (χ2n) is 8.50. The van der Waals surface area contributed by atoms with Crippen LogP contribution in [0.5, 0.6) is 0 Å². The lowest BCUT2D eigenvalue weighted by Gasteiger charge is -2.34. The molecule has 0 spiro atoms. The molecule has 29 heavy (non-hydrogen) atoms. The molecule has 1 aliphatic heterocycles. The summed E-state index contributed by atoms with van der Waals surface area (Å²) in [5.74, 6) is 3.52. The van der Waals surface area contributed by atoms with Crippen LogP contribution in [0.1, 0.15) is 61.1 Å². The van der Waals surface area contributed by atoms with E-state index in [0.717, 1.165) is 55.4 Å². The molecule has 7 heteroatoms. The van der Waals surface area contributed by atoms with E-state index in [2.05, 4.69) is 24.6 Å². The zero-order chi connectivity index (χ0) is 19.2. The molecule has 7 nitrogen and oxygen atoms in total. The Kier molecular flexibility index (Phi) is 4.06. The summed E-state index contributed by atoms with van der Waals surface area (Å²) < 4.78 is 2.32. The van der Waals surface area contributed by atoms with Crippen molar-refractivity contribution < 1.29 is 0 Å². The quantitative estimate of drug-likeness (QED) is 0.684. The van der Waals surface area contributed by atoms with Crippen LogP contribution in [0, 0.1) is 0 Å². The minimum Gasteiger partial charge on any atom is -0.356 e. The number of piperidine rings is 1. The molecule has 0 bridgehead atoms. The highest BCUT2D eigenvalue weighted by molar-refractivity contribution is 5.61. The number of anilines is 1. The third-order valence-corrected chi connectivity index (χ3v) is 6.46. The Morgan fingerprint density at radius 3 is 2.86 bits per heavy atom. The summed E-state index contributed by atoms with van der Waals surface area (Å²) >= 11 is 0. The third kappa shape index (κ3) is 3.09. The molecule has 1 atom stereocenters. The summed E-state index contributed by atoms with van der Waals surface area (Å²) in [6.45, 7) is 2.01. The first-order valence-corrected chi connectivity index (χ1v) is 10.8. The van der Waals surface area contributed by atoms with E-state index in [1.54, 1.807) is 6.20 Å². The number of fused-ring (bicyclic) bond motifs is 1. The smallest absolute Gasteiger partial charge is 0.163 e. The van der Waals surface area contributed by atoms with Crippen LogP contribution in [0.3, 0.4) is 0 Å². The summed E-state index contributed by atoms with van der Waals surface area (Å²) in [6.07, 6.45) is 13.7. The lowest BCUT2D eigenvalue weighted by molar-refractivity contribution is 0.468. The first kappa shape index (κ1) is 17.1. The van der Waals surface area contributed by atoms with Crippen LogP contribution in [-0.2, 0) is 12.8 Å². The van der Waals surface area contributed by atoms with E-state index in [0.29, 0.717) is 12.0 Å². The van der Waals surface area contributed by atoms with Crippen LogP contribution in [0.15, 0.2) is 30.9 Å². The molecule has 2 aliphatic carbocycles. The molecule has 1 saturated heterocycles. The number of hydrogen-bond donors (Lipinski definition) is 0. The molecule has 0 N–H and O–H groups in total. The first-order valence-electron chi connectivity index (χ1n) is 10.8. The van der Waals surface area contributed by atoms with E-state index in [9.17, 15) is 0 Å². The van der Waals surface area contributed by atoms with Crippen molar-refractivity contribution in [1.82, 2.24) is 29.7 Å². The molecule has 0 radical (unpaired) electrons. The fourth-order valence-electron chi connectivity index (χ4n) is 4.86. The van der Waals surface area contributed by atoms with Crippen LogP contribution in [0.4, 0.5) is 5.82 Å². The second-order valence-corrected chi connectivity index (χ2v) is 8.50. The molecule has 0 amide bonds. The first-order chi connectivity index (χ1) is 14.4. The fourth-order valence-corrected chi connectivity index (χ4v) is 4.86. The Morgan fingerprint density at radius 1 is 1.03 bits per heavy atom. The minimum absolute atomic E-state index is 0.417. The molecule has 0 aromatic carbocycles. The topological polar surface area (TPSA) is 72.6 Å². The van der Waals surface area contributed by atoms with Gasteiger partial charge in [0.05, 0.1) is 0 Å². The van der Waals surface area contributed by atoms with Crippen LogP contribution >= 0.6 is 0 Å². The zero-order valence-electron chi connectivity index (χ0n) is 16.5. The maximum absolute atomic E-state index is 5.06. The van der Waals surface area contributed by atoms with E-state index < -0.39 is 0 Å². The molecule has 3 aromatic rings. The van der Waals surface area contributed by atoms with E-state index in [4.69, 9.17) is 9.97 Å². The summed E-state index contributed by atoms with van der Waals surface area (Å²) in [5.41, 5.74) is 3.56. The highest BCUT2D eigenvalue weighted by Crippen LogP contribution is 2.39. The van der Waals surface area contributed by atoms with Crippen molar-refractivity contribution in [2.45, 2.75) is 56.9 Å². The largest absolute Gasteiger partial charge is 0.356 e. The molecular formula is C22H25N7. The zero-order valence-corrected chi connectivity index (χ0v) is 16.5. The van der Waals surface area contributed by atoms with E-state index in [1.165, 1.54) is 36.9 Å². The number of aromatic nitrogens is 6. The van der Waals surface area contributed by atoms with Crippen molar-refractivity contribution in [3.05, 3.63) is 47.9 Å². The SMILES string of the molecule is c1cncc(-c2nc3c(c(N4CCCC(c5nncn5C5CC5)C4)n2)CCC3)c1. The summed E-state index contributed by atoms with van der Waals surface area (Å²) in [4.78, 5) is 16.7. The highest BCUT2D eigenvalue weighted by atomic mass is 15.3. The second kappa shape index (κ2) is 6.90. The van der Waals surface area contributed by atoms with Gasteiger partial charge in [0.2, 0.25) is 0 Å². The van der Waals surface area contributed by atoms with Crippen molar-refractivity contribution in [3.8, 4) is 11.4 Å². The van der Waals surface area contributed by atoms with Crippen molar-refractivity contribution in [2.75, 3.05) is 18.0 Å². The van der Waals surface area contributed by atoms with Gasteiger partial charge in [-0.05, 0) is 57.1 Å². The molecule has 148 valence electrons. The number of nitrogens with zero attached hydrogens (tertiary/aromatic N) is 7. The molecule has 3 aromatic heterocycles. The van der Waals surface area contributed by atoms with Gasteiger partial charge in [-0.15, -0.1) is 10.2 Å². The van der Waals surface area contributed by atoms with Crippen molar-refractivity contribution >= 4 is 5.82 Å².